The van der Waals surface area contributed by atoms with Crippen molar-refractivity contribution in [2.45, 2.75) is 64.4 Å². The molecule has 3 aromatic carbocycles. The molecule has 3 aromatic rings. The van der Waals surface area contributed by atoms with Crippen LogP contribution in [0.1, 0.15) is 50.7 Å². The number of hydrogen-bond donors (Lipinski definition) is 2. The Bertz CT molecular complexity index is 1650. The van der Waals surface area contributed by atoms with Crippen LogP contribution in [0.3, 0.4) is 0 Å². The Morgan fingerprint density at radius 3 is 2.38 bits per heavy atom. The molecule has 1 fully saturated rings. The zero-order valence-corrected chi connectivity index (χ0v) is 31.6. The Morgan fingerprint density at radius 2 is 1.68 bits per heavy atom. The highest BCUT2D eigenvalue weighted by atomic mass is 35.5. The molecule has 12 nitrogen and oxygen atoms in total. The Kier molecular flexibility index (Phi) is 14.1. The zero-order chi connectivity index (χ0) is 38.0. The van der Waals surface area contributed by atoms with Crippen molar-refractivity contribution in [2.75, 3.05) is 64.6 Å². The number of halogens is 1. The lowest BCUT2D eigenvalue weighted by Gasteiger charge is -2.44. The molecule has 1 unspecified atom stereocenters. The number of para-hydroxylation sites is 1. The summed E-state index contributed by atoms with van der Waals surface area (Å²) in [4.78, 5) is 28.4. The van der Waals surface area contributed by atoms with E-state index in [0.717, 1.165) is 42.1 Å². The van der Waals surface area contributed by atoms with E-state index < -0.39 is 41.7 Å². The molecule has 4 atom stereocenters. The molecule has 2 N–H and O–H groups in total. The summed E-state index contributed by atoms with van der Waals surface area (Å²) in [6.45, 7) is 9.30. The molecule has 2 heterocycles. The van der Waals surface area contributed by atoms with Crippen LogP contribution in [0.25, 0.3) is 0 Å². The van der Waals surface area contributed by atoms with Crippen LogP contribution in [-0.4, -0.2) is 105 Å². The number of fused-ring (bicyclic) bond motifs is 1. The minimum absolute atomic E-state index is 0.0178. The third-order valence-electron chi connectivity index (χ3n) is 9.33. The molecule has 13 heteroatoms. The number of ether oxygens (including phenoxy) is 6. The van der Waals surface area contributed by atoms with Crippen LogP contribution in [0, 0.1) is 5.41 Å². The summed E-state index contributed by atoms with van der Waals surface area (Å²) in [5.74, 6) is 0.469. The fourth-order valence-corrected chi connectivity index (χ4v) is 6.87. The Hall–Kier alpha value is -4.23. The van der Waals surface area contributed by atoms with Crippen LogP contribution in [0.2, 0.25) is 5.02 Å². The average molecular weight is 755 g/mol. The second-order valence-electron chi connectivity index (χ2n) is 14.4. The first-order valence-electron chi connectivity index (χ1n) is 18.0. The SMILES string of the molecule is COCCCN1CCOc2ccc(CO[C@H]3CN(C(=O)O)C[C@@H](OC(C(=O)O)C(C)(C)C)[C@@H]3c3ccc(OCCCOc4ccccc4Cl)cc3)cc21. The van der Waals surface area contributed by atoms with E-state index in [1.54, 1.807) is 33.9 Å². The summed E-state index contributed by atoms with van der Waals surface area (Å²) in [5.41, 5.74) is 1.93. The quantitative estimate of drug-likeness (QED) is 0.138. The van der Waals surface area contributed by atoms with Gasteiger partial charge in [0.1, 0.15) is 23.9 Å². The number of piperidine rings is 1. The van der Waals surface area contributed by atoms with Crippen molar-refractivity contribution in [3.05, 3.63) is 82.9 Å². The summed E-state index contributed by atoms with van der Waals surface area (Å²) < 4.78 is 35.9. The largest absolute Gasteiger partial charge is 0.493 e. The third kappa shape index (κ3) is 10.9. The molecule has 5 rings (SSSR count). The predicted molar refractivity (Wildman–Crippen MR) is 201 cm³/mol. The smallest absolute Gasteiger partial charge is 0.407 e. The van der Waals surface area contributed by atoms with Gasteiger partial charge >= 0.3 is 12.1 Å². The molecule has 0 radical (unpaired) electrons. The van der Waals surface area contributed by atoms with E-state index in [1.165, 1.54) is 4.90 Å². The summed E-state index contributed by atoms with van der Waals surface area (Å²) in [5, 5.41) is 20.9. The molecule has 0 spiro atoms. The second-order valence-corrected chi connectivity index (χ2v) is 14.8. The molecule has 53 heavy (non-hydrogen) atoms. The number of aliphatic carboxylic acids is 1. The van der Waals surface area contributed by atoms with Gasteiger partial charge in [-0.1, -0.05) is 62.7 Å². The maximum Gasteiger partial charge on any atom is 0.407 e. The van der Waals surface area contributed by atoms with Gasteiger partial charge in [-0.05, 0) is 59.4 Å². The zero-order valence-electron chi connectivity index (χ0n) is 30.9. The van der Waals surface area contributed by atoms with E-state index in [-0.39, 0.29) is 19.7 Å². The second kappa shape index (κ2) is 18.7. The molecule has 0 bridgehead atoms. The lowest BCUT2D eigenvalue weighted by Crippen LogP contribution is -2.56. The maximum absolute atomic E-state index is 12.4. The van der Waals surface area contributed by atoms with Crippen molar-refractivity contribution in [1.82, 2.24) is 4.90 Å². The molecule has 0 saturated carbocycles. The van der Waals surface area contributed by atoms with E-state index in [9.17, 15) is 19.8 Å². The van der Waals surface area contributed by atoms with E-state index >= 15 is 0 Å². The van der Waals surface area contributed by atoms with Crippen molar-refractivity contribution >= 4 is 29.4 Å². The highest BCUT2D eigenvalue weighted by Crippen LogP contribution is 2.38. The van der Waals surface area contributed by atoms with Gasteiger partial charge < -0.3 is 48.4 Å². The van der Waals surface area contributed by atoms with Crippen molar-refractivity contribution < 1.29 is 48.2 Å². The normalized spacial score (nSPS) is 19.2. The van der Waals surface area contributed by atoms with Crippen LogP contribution >= 0.6 is 11.6 Å². The number of amides is 1. The summed E-state index contributed by atoms with van der Waals surface area (Å²) in [7, 11) is 1.69. The van der Waals surface area contributed by atoms with E-state index in [1.807, 2.05) is 60.7 Å². The standard InChI is InChI=1S/C40H51ClN2O10/c1-40(2,3)37(38(44)45)53-35-25-43(39(46)47)24-34(52-26-27-11-16-33-31(23-27)42(18-22-51-33)17-7-19-48-4)36(35)28-12-14-29(15-13-28)49-20-8-21-50-32-10-6-5-9-30(32)41/h5-6,9-16,23,34-37H,7-8,17-22,24-26H2,1-4H3,(H,44,45)(H,46,47)/t34-,35+,36+,37?/m0/s1. The van der Waals surface area contributed by atoms with Gasteiger partial charge in [0.2, 0.25) is 0 Å². The molecule has 0 aromatic heterocycles. The molecular formula is C40H51ClN2O10. The van der Waals surface area contributed by atoms with Gasteiger partial charge in [0, 0.05) is 32.6 Å². The topological polar surface area (TPSA) is 136 Å². The summed E-state index contributed by atoms with van der Waals surface area (Å²) >= 11 is 6.18. The van der Waals surface area contributed by atoms with Crippen molar-refractivity contribution in [3.8, 4) is 17.2 Å². The molecule has 2 aliphatic rings. The van der Waals surface area contributed by atoms with Gasteiger partial charge in [0.25, 0.3) is 0 Å². The predicted octanol–water partition coefficient (Wildman–Crippen LogP) is 6.97. The number of carboxylic acids is 1. The molecule has 0 aliphatic carbocycles. The van der Waals surface area contributed by atoms with E-state index in [0.29, 0.717) is 49.4 Å². The Balaban J connectivity index is 1.34. The van der Waals surface area contributed by atoms with Gasteiger partial charge in [-0.25, -0.2) is 9.59 Å². The number of carboxylic acid groups (broad SMARTS) is 2. The first-order valence-corrected chi connectivity index (χ1v) is 18.4. The van der Waals surface area contributed by atoms with Crippen molar-refractivity contribution in [2.24, 2.45) is 5.41 Å². The number of carbonyl (C=O) groups is 2. The molecule has 288 valence electrons. The van der Waals surface area contributed by atoms with Gasteiger partial charge in [-0.2, -0.15) is 0 Å². The minimum Gasteiger partial charge on any atom is -0.493 e. The fourth-order valence-electron chi connectivity index (χ4n) is 6.68. The summed E-state index contributed by atoms with van der Waals surface area (Å²) in [6.07, 6.45) is -2.28. The van der Waals surface area contributed by atoms with Crippen LogP contribution < -0.4 is 19.1 Å². The first kappa shape index (κ1) is 40.0. The molecule has 2 aliphatic heterocycles. The minimum atomic E-state index is -1.19. The van der Waals surface area contributed by atoms with Gasteiger partial charge in [0.15, 0.2) is 6.10 Å². The summed E-state index contributed by atoms with van der Waals surface area (Å²) in [6, 6.07) is 20.8. The lowest BCUT2D eigenvalue weighted by atomic mass is 9.83. The van der Waals surface area contributed by atoms with Crippen LogP contribution in [-0.2, 0) is 25.6 Å². The van der Waals surface area contributed by atoms with Crippen molar-refractivity contribution in [1.29, 1.82) is 0 Å². The van der Waals surface area contributed by atoms with Gasteiger partial charge in [-0.3, -0.25) is 0 Å². The van der Waals surface area contributed by atoms with Crippen LogP contribution in [0.5, 0.6) is 17.2 Å². The number of methoxy groups -OCH3 is 1. The first-order chi connectivity index (χ1) is 25.4. The number of anilines is 1. The van der Waals surface area contributed by atoms with E-state index in [4.69, 9.17) is 40.0 Å². The Labute approximate surface area is 316 Å². The third-order valence-corrected chi connectivity index (χ3v) is 9.65. The number of rotatable bonds is 17. The molecule has 1 saturated heterocycles. The maximum atomic E-state index is 12.4. The molecule has 1 amide bonds. The van der Waals surface area contributed by atoms with E-state index in [2.05, 4.69) is 4.90 Å². The van der Waals surface area contributed by atoms with Crippen LogP contribution in [0.15, 0.2) is 66.7 Å². The van der Waals surface area contributed by atoms with Crippen LogP contribution in [0.4, 0.5) is 10.5 Å². The van der Waals surface area contributed by atoms with Gasteiger partial charge in [0.05, 0.1) is 62.4 Å². The number of likely N-dealkylation sites (tertiary alicyclic amines) is 1. The Morgan fingerprint density at radius 1 is 0.943 bits per heavy atom. The highest BCUT2D eigenvalue weighted by Gasteiger charge is 2.45. The average Bonchev–Trinajstić information content (AvgIpc) is 3.13. The monoisotopic (exact) mass is 754 g/mol. The number of benzene rings is 3. The lowest BCUT2D eigenvalue weighted by molar-refractivity contribution is -0.174. The number of nitrogens with zero attached hydrogens (tertiary/aromatic N) is 2. The van der Waals surface area contributed by atoms with Crippen molar-refractivity contribution in [3.63, 3.8) is 0 Å². The van der Waals surface area contributed by atoms with Gasteiger partial charge in [-0.15, -0.1) is 0 Å². The fraction of sp³-hybridized carbons (Fsp3) is 0.500. The number of hydrogen-bond acceptors (Lipinski definition) is 9. The highest BCUT2D eigenvalue weighted by molar-refractivity contribution is 6.32. The molecular weight excluding hydrogens is 704 g/mol.